The van der Waals surface area contributed by atoms with Crippen LogP contribution in [-0.2, 0) is 20.7 Å². The number of amides is 1. The lowest BCUT2D eigenvalue weighted by molar-refractivity contribution is -0.148. The Kier molecular flexibility index (Phi) is 8.21. The third kappa shape index (κ3) is 6.61. The minimum Gasteiger partial charge on any atom is -0.495 e. The molecular weight excluding hydrogens is 394 g/mol. The van der Waals surface area contributed by atoms with Crippen molar-refractivity contribution in [2.75, 3.05) is 13.7 Å². The number of hydrogen-bond acceptors (Lipinski definition) is 5. The quantitative estimate of drug-likeness (QED) is 0.499. The average Bonchev–Trinajstić information content (AvgIpc) is 2.70. The third-order valence-corrected chi connectivity index (χ3v) is 4.56. The highest BCUT2D eigenvalue weighted by atomic mass is 35.5. The van der Waals surface area contributed by atoms with E-state index in [0.717, 1.165) is 5.56 Å². The van der Waals surface area contributed by atoms with Crippen LogP contribution in [0.25, 0.3) is 0 Å². The lowest BCUT2D eigenvalue weighted by Gasteiger charge is -2.20. The summed E-state index contributed by atoms with van der Waals surface area (Å²) in [6, 6.07) is 12.9. The minimum absolute atomic E-state index is 0.153. The first-order chi connectivity index (χ1) is 13.8. The number of nitrogens with one attached hydrogen (secondary N) is 1. The summed E-state index contributed by atoms with van der Waals surface area (Å²) >= 11 is 6.02. The van der Waals surface area contributed by atoms with Gasteiger partial charge < -0.3 is 14.8 Å². The topological polar surface area (TPSA) is 81.7 Å². The number of carbonyl (C=O) groups is 3. The van der Waals surface area contributed by atoms with E-state index in [-0.39, 0.29) is 23.3 Å². The molecule has 0 heterocycles. The van der Waals surface area contributed by atoms with Gasteiger partial charge in [0.15, 0.2) is 12.4 Å². The number of carbonyl (C=O) groups excluding carboxylic acids is 3. The molecule has 0 aliphatic rings. The lowest BCUT2D eigenvalue weighted by Crippen LogP contribution is -2.46. The number of esters is 1. The molecule has 0 aromatic heterocycles. The zero-order chi connectivity index (χ0) is 21.4. The van der Waals surface area contributed by atoms with Gasteiger partial charge in [-0.05, 0) is 29.7 Å². The maximum atomic E-state index is 12.4. The molecule has 7 heteroatoms. The Labute approximate surface area is 175 Å². The number of benzene rings is 2. The Morgan fingerprint density at radius 1 is 1.07 bits per heavy atom. The first-order valence-corrected chi connectivity index (χ1v) is 9.56. The predicted octanol–water partition coefficient (Wildman–Crippen LogP) is 3.46. The lowest BCUT2D eigenvalue weighted by atomic mass is 10.0. The van der Waals surface area contributed by atoms with Gasteiger partial charge >= 0.3 is 5.97 Å². The average molecular weight is 418 g/mol. The molecule has 6 nitrogen and oxygen atoms in total. The van der Waals surface area contributed by atoms with Crippen molar-refractivity contribution in [3.8, 4) is 5.75 Å². The smallest absolute Gasteiger partial charge is 0.329 e. The van der Waals surface area contributed by atoms with Crippen LogP contribution in [0.4, 0.5) is 0 Å². The van der Waals surface area contributed by atoms with Gasteiger partial charge in [0.05, 0.1) is 18.6 Å². The van der Waals surface area contributed by atoms with E-state index in [9.17, 15) is 14.4 Å². The molecule has 0 radical (unpaired) electrons. The Morgan fingerprint density at radius 2 is 1.76 bits per heavy atom. The molecule has 2 aromatic carbocycles. The monoisotopic (exact) mass is 417 g/mol. The van der Waals surface area contributed by atoms with Gasteiger partial charge in [-0.15, -0.1) is 0 Å². The van der Waals surface area contributed by atoms with Gasteiger partial charge in [-0.1, -0.05) is 55.8 Å². The molecule has 0 saturated heterocycles. The van der Waals surface area contributed by atoms with Crippen LogP contribution in [0.1, 0.15) is 29.8 Å². The van der Waals surface area contributed by atoms with Crippen LogP contribution in [-0.4, -0.2) is 37.4 Å². The van der Waals surface area contributed by atoms with E-state index in [1.165, 1.54) is 13.2 Å². The molecule has 154 valence electrons. The van der Waals surface area contributed by atoms with Crippen molar-refractivity contribution in [3.05, 3.63) is 64.7 Å². The second-order valence-corrected chi connectivity index (χ2v) is 7.24. The van der Waals surface area contributed by atoms with Gasteiger partial charge in [-0.3, -0.25) is 9.59 Å². The molecular formula is C22H24ClNO5. The van der Waals surface area contributed by atoms with Gasteiger partial charge in [0.1, 0.15) is 11.8 Å². The molecule has 1 amide bonds. The molecule has 1 atom stereocenters. The summed E-state index contributed by atoms with van der Waals surface area (Å²) in [7, 11) is 1.47. The highest BCUT2D eigenvalue weighted by Crippen LogP contribution is 2.25. The summed E-state index contributed by atoms with van der Waals surface area (Å²) in [5.74, 6) is -1.11. The molecule has 29 heavy (non-hydrogen) atoms. The van der Waals surface area contributed by atoms with E-state index >= 15 is 0 Å². The summed E-state index contributed by atoms with van der Waals surface area (Å²) in [6.45, 7) is 3.14. The largest absolute Gasteiger partial charge is 0.495 e. The van der Waals surface area contributed by atoms with Crippen LogP contribution in [0, 0.1) is 5.92 Å². The SMILES string of the molecule is COc1ccc(C(=O)COC(=O)[C@@H](NC(=O)Cc2ccccc2)C(C)C)cc1Cl. The fourth-order valence-corrected chi connectivity index (χ4v) is 2.91. The van der Waals surface area contributed by atoms with Crippen molar-refractivity contribution in [1.82, 2.24) is 5.32 Å². The second-order valence-electron chi connectivity index (χ2n) is 6.83. The van der Waals surface area contributed by atoms with Gasteiger partial charge in [0, 0.05) is 5.56 Å². The molecule has 0 saturated carbocycles. The number of rotatable bonds is 9. The summed E-state index contributed by atoms with van der Waals surface area (Å²) in [5.41, 5.74) is 1.14. The molecule has 0 bridgehead atoms. The molecule has 2 aromatic rings. The molecule has 0 aliphatic heterocycles. The van der Waals surface area contributed by atoms with Crippen LogP contribution in [0.3, 0.4) is 0 Å². The molecule has 0 fully saturated rings. The minimum atomic E-state index is -0.849. The van der Waals surface area contributed by atoms with E-state index in [1.54, 1.807) is 26.0 Å². The number of halogens is 1. The number of ether oxygens (including phenoxy) is 2. The number of hydrogen-bond donors (Lipinski definition) is 1. The fraction of sp³-hybridized carbons (Fsp3) is 0.318. The second kappa shape index (κ2) is 10.6. The summed E-state index contributed by atoms with van der Waals surface area (Å²) in [5, 5.41) is 2.98. The normalized spacial score (nSPS) is 11.6. The van der Waals surface area contributed by atoms with E-state index in [0.29, 0.717) is 11.3 Å². The van der Waals surface area contributed by atoms with Crippen LogP contribution in [0.5, 0.6) is 5.75 Å². The number of methoxy groups -OCH3 is 1. The molecule has 0 aliphatic carbocycles. The van der Waals surface area contributed by atoms with Crippen molar-refractivity contribution in [3.63, 3.8) is 0 Å². The zero-order valence-electron chi connectivity index (χ0n) is 16.6. The molecule has 1 N–H and O–H groups in total. The Balaban J connectivity index is 1.94. The molecule has 2 rings (SSSR count). The number of Topliss-reactive ketones (excluding diaryl/α,β-unsaturated/α-hetero) is 1. The zero-order valence-corrected chi connectivity index (χ0v) is 17.4. The predicted molar refractivity (Wildman–Crippen MR) is 110 cm³/mol. The van der Waals surface area contributed by atoms with E-state index < -0.39 is 24.4 Å². The maximum Gasteiger partial charge on any atom is 0.329 e. The van der Waals surface area contributed by atoms with Crippen molar-refractivity contribution >= 4 is 29.3 Å². The van der Waals surface area contributed by atoms with Crippen LogP contribution < -0.4 is 10.1 Å². The van der Waals surface area contributed by atoms with Crippen molar-refractivity contribution in [2.45, 2.75) is 26.3 Å². The van der Waals surface area contributed by atoms with Crippen LogP contribution in [0.2, 0.25) is 5.02 Å². The third-order valence-electron chi connectivity index (χ3n) is 4.26. The van der Waals surface area contributed by atoms with E-state index in [2.05, 4.69) is 5.32 Å². The maximum absolute atomic E-state index is 12.4. The highest BCUT2D eigenvalue weighted by molar-refractivity contribution is 6.32. The number of ketones is 1. The van der Waals surface area contributed by atoms with Crippen LogP contribution >= 0.6 is 11.6 Å². The fourth-order valence-electron chi connectivity index (χ4n) is 2.65. The highest BCUT2D eigenvalue weighted by Gasteiger charge is 2.26. The van der Waals surface area contributed by atoms with Crippen molar-refractivity contribution < 1.29 is 23.9 Å². The van der Waals surface area contributed by atoms with Gasteiger partial charge in [0.2, 0.25) is 5.91 Å². The molecule has 0 unspecified atom stereocenters. The van der Waals surface area contributed by atoms with Crippen LogP contribution in [0.15, 0.2) is 48.5 Å². The van der Waals surface area contributed by atoms with Gasteiger partial charge in [-0.25, -0.2) is 4.79 Å². The summed E-state index contributed by atoms with van der Waals surface area (Å²) in [4.78, 5) is 37.0. The Bertz CT molecular complexity index is 867. The molecule has 0 spiro atoms. The standard InChI is InChI=1S/C22H24ClNO5/c1-14(2)21(24-20(26)11-15-7-5-4-6-8-15)22(27)29-13-18(25)16-9-10-19(28-3)17(23)12-16/h4-10,12,14,21H,11,13H2,1-3H3,(H,24,26)/t21-/m0/s1. The van der Waals surface area contributed by atoms with Crippen molar-refractivity contribution in [1.29, 1.82) is 0 Å². The van der Waals surface area contributed by atoms with E-state index in [1.807, 2.05) is 30.3 Å². The van der Waals surface area contributed by atoms with Gasteiger partial charge in [0.25, 0.3) is 0 Å². The first kappa shape index (κ1) is 22.4. The van der Waals surface area contributed by atoms with Gasteiger partial charge in [-0.2, -0.15) is 0 Å². The summed E-state index contributed by atoms with van der Waals surface area (Å²) in [6.07, 6.45) is 0.153. The Hall–Kier alpha value is -2.86. The van der Waals surface area contributed by atoms with Crippen molar-refractivity contribution in [2.24, 2.45) is 5.92 Å². The first-order valence-electron chi connectivity index (χ1n) is 9.18. The van der Waals surface area contributed by atoms with E-state index in [4.69, 9.17) is 21.1 Å². The summed E-state index contributed by atoms with van der Waals surface area (Å²) < 4.78 is 10.2. The Morgan fingerprint density at radius 3 is 2.34 bits per heavy atom.